The highest BCUT2D eigenvalue weighted by Crippen LogP contribution is 2.40. The lowest BCUT2D eigenvalue weighted by molar-refractivity contribution is -0.147. The summed E-state index contributed by atoms with van der Waals surface area (Å²) in [7, 11) is 0. The quantitative estimate of drug-likeness (QED) is 0.386. The third-order valence-electron chi connectivity index (χ3n) is 6.65. The lowest BCUT2D eigenvalue weighted by Crippen LogP contribution is -2.46. The fourth-order valence-electron chi connectivity index (χ4n) is 4.76. The van der Waals surface area contributed by atoms with Gasteiger partial charge in [-0.1, -0.05) is 42.5 Å². The summed E-state index contributed by atoms with van der Waals surface area (Å²) in [5.74, 6) is -6.69. The standard InChI is InChI=1S/C26H23F6N3O4/c27-25(28,29)11-9-16-17(10-12-26(30,31)32)24(39)35(23(16)38)21-22(37)33-19-4-2-1-3-18(19)20(34-21)15-7-5-14(13-36)6-8-15/h1-8,16-17,21,36H,9-13H2,(H,33,37)/t16-,17+,21-/m0/s1. The molecule has 208 valence electrons. The van der Waals surface area contributed by atoms with Crippen LogP contribution in [0, 0.1) is 11.8 Å². The Morgan fingerprint density at radius 3 is 1.87 bits per heavy atom. The van der Waals surface area contributed by atoms with Crippen LogP contribution < -0.4 is 5.32 Å². The van der Waals surface area contributed by atoms with Crippen molar-refractivity contribution in [3.8, 4) is 0 Å². The number of para-hydroxylation sites is 1. The number of fused-ring (bicyclic) bond motifs is 1. The minimum Gasteiger partial charge on any atom is -0.392 e. The van der Waals surface area contributed by atoms with E-state index in [9.17, 15) is 45.8 Å². The molecule has 2 heterocycles. The molecule has 7 nitrogen and oxygen atoms in total. The van der Waals surface area contributed by atoms with Crippen molar-refractivity contribution in [1.82, 2.24) is 4.90 Å². The molecule has 0 unspecified atom stereocenters. The number of carbonyl (C=O) groups excluding carboxylic acids is 3. The van der Waals surface area contributed by atoms with E-state index in [-0.39, 0.29) is 18.0 Å². The summed E-state index contributed by atoms with van der Waals surface area (Å²) in [5.41, 5.74) is 1.84. The molecule has 0 radical (unpaired) electrons. The van der Waals surface area contributed by atoms with Gasteiger partial charge in [0.15, 0.2) is 0 Å². The first-order valence-electron chi connectivity index (χ1n) is 12.0. The van der Waals surface area contributed by atoms with Gasteiger partial charge in [0.25, 0.3) is 5.91 Å². The predicted octanol–water partition coefficient (Wildman–Crippen LogP) is 4.58. The van der Waals surface area contributed by atoms with Crippen molar-refractivity contribution in [2.75, 3.05) is 5.32 Å². The van der Waals surface area contributed by atoms with Crippen LogP contribution >= 0.6 is 0 Å². The van der Waals surface area contributed by atoms with Crippen molar-refractivity contribution < 1.29 is 45.8 Å². The van der Waals surface area contributed by atoms with E-state index < -0.39 is 73.8 Å². The number of aliphatic hydroxyl groups is 1. The predicted molar refractivity (Wildman–Crippen MR) is 126 cm³/mol. The molecule has 0 saturated carbocycles. The Hall–Kier alpha value is -3.74. The molecule has 0 bridgehead atoms. The Kier molecular flexibility index (Phi) is 7.82. The number of benzodiazepines with no additional fused rings is 1. The number of aliphatic imine (C=N–C) groups is 1. The Labute approximate surface area is 218 Å². The molecule has 1 saturated heterocycles. The number of imide groups is 1. The zero-order valence-corrected chi connectivity index (χ0v) is 20.2. The summed E-state index contributed by atoms with van der Waals surface area (Å²) in [5, 5.41) is 11.9. The topological polar surface area (TPSA) is 99.1 Å². The van der Waals surface area contributed by atoms with E-state index in [4.69, 9.17) is 0 Å². The number of aliphatic hydroxyl groups excluding tert-OH is 1. The third-order valence-corrected chi connectivity index (χ3v) is 6.65. The van der Waals surface area contributed by atoms with E-state index in [1.807, 2.05) is 0 Å². The van der Waals surface area contributed by atoms with Crippen molar-refractivity contribution in [3.05, 3.63) is 65.2 Å². The molecule has 0 aromatic heterocycles. The first-order chi connectivity index (χ1) is 18.3. The van der Waals surface area contributed by atoms with Gasteiger partial charge in [-0.3, -0.25) is 14.4 Å². The SMILES string of the molecule is O=C1Nc2ccccc2C(c2ccc(CO)cc2)=N[C@H]1N1C(=O)[C@@H](CCC(F)(F)F)[C@@H](CCC(F)(F)F)C1=O. The molecule has 3 atom stereocenters. The number of likely N-dealkylation sites (tertiary alicyclic amines) is 1. The van der Waals surface area contributed by atoms with E-state index in [0.29, 0.717) is 21.6 Å². The van der Waals surface area contributed by atoms with E-state index in [1.54, 1.807) is 48.5 Å². The number of anilines is 1. The van der Waals surface area contributed by atoms with Crippen molar-refractivity contribution >= 4 is 29.1 Å². The Bertz CT molecular complexity index is 1250. The molecule has 2 aromatic carbocycles. The van der Waals surface area contributed by atoms with Crippen LogP contribution in [0.5, 0.6) is 0 Å². The summed E-state index contributed by atoms with van der Waals surface area (Å²) < 4.78 is 77.7. The molecule has 4 rings (SSSR count). The third kappa shape index (κ3) is 6.29. The second-order valence-electron chi connectivity index (χ2n) is 9.31. The number of alkyl halides is 6. The number of nitrogens with one attached hydrogen (secondary N) is 1. The molecule has 2 N–H and O–H groups in total. The molecule has 2 aliphatic rings. The number of amides is 3. The van der Waals surface area contributed by atoms with Gasteiger partial charge >= 0.3 is 12.4 Å². The minimum atomic E-state index is -4.71. The highest BCUT2D eigenvalue weighted by molar-refractivity contribution is 6.21. The minimum absolute atomic E-state index is 0.157. The van der Waals surface area contributed by atoms with Crippen LogP contribution in [0.15, 0.2) is 53.5 Å². The number of hydrogen-bond acceptors (Lipinski definition) is 5. The van der Waals surface area contributed by atoms with Crippen LogP contribution in [-0.4, -0.2) is 52.0 Å². The lowest BCUT2D eigenvalue weighted by Gasteiger charge is -2.22. The average Bonchev–Trinajstić information content (AvgIpc) is 3.00. The monoisotopic (exact) mass is 555 g/mol. The van der Waals surface area contributed by atoms with E-state index >= 15 is 0 Å². The second kappa shape index (κ2) is 10.8. The molecule has 2 aliphatic heterocycles. The number of rotatable bonds is 7. The molecular formula is C26H23F6N3O4. The first-order valence-corrected chi connectivity index (χ1v) is 12.0. The van der Waals surface area contributed by atoms with Crippen LogP contribution in [-0.2, 0) is 21.0 Å². The van der Waals surface area contributed by atoms with Crippen LogP contribution in [0.25, 0.3) is 0 Å². The average molecular weight is 555 g/mol. The van der Waals surface area contributed by atoms with Crippen LogP contribution in [0.1, 0.15) is 42.4 Å². The van der Waals surface area contributed by atoms with Gasteiger partial charge in [0.2, 0.25) is 18.0 Å². The highest BCUT2D eigenvalue weighted by Gasteiger charge is 2.53. The first kappa shape index (κ1) is 28.3. The summed E-state index contributed by atoms with van der Waals surface area (Å²) in [6, 6.07) is 12.7. The number of halogens is 6. The maximum Gasteiger partial charge on any atom is 0.389 e. The molecule has 39 heavy (non-hydrogen) atoms. The smallest absolute Gasteiger partial charge is 0.389 e. The molecular weight excluding hydrogens is 532 g/mol. The van der Waals surface area contributed by atoms with Gasteiger partial charge in [-0.05, 0) is 24.5 Å². The maximum atomic E-state index is 13.3. The van der Waals surface area contributed by atoms with E-state index in [0.717, 1.165) is 0 Å². The van der Waals surface area contributed by atoms with Gasteiger partial charge in [0.1, 0.15) is 0 Å². The van der Waals surface area contributed by atoms with Crippen LogP contribution in [0.3, 0.4) is 0 Å². The summed E-state index contributed by atoms with van der Waals surface area (Å²) >= 11 is 0. The van der Waals surface area contributed by atoms with Crippen molar-refractivity contribution in [2.45, 2.75) is 50.8 Å². The highest BCUT2D eigenvalue weighted by atomic mass is 19.4. The Balaban J connectivity index is 1.76. The van der Waals surface area contributed by atoms with Gasteiger partial charge in [-0.15, -0.1) is 0 Å². The fraction of sp³-hybridized carbons (Fsp3) is 0.385. The Morgan fingerprint density at radius 2 is 1.36 bits per heavy atom. The normalized spacial score (nSPS) is 21.9. The largest absolute Gasteiger partial charge is 0.392 e. The number of benzene rings is 2. The summed E-state index contributed by atoms with van der Waals surface area (Å²) in [4.78, 5) is 44.6. The van der Waals surface area contributed by atoms with Crippen LogP contribution in [0.4, 0.5) is 32.0 Å². The summed E-state index contributed by atoms with van der Waals surface area (Å²) in [6.45, 7) is -0.249. The number of hydrogen-bond donors (Lipinski definition) is 2. The Morgan fingerprint density at radius 1 is 0.821 bits per heavy atom. The van der Waals surface area contributed by atoms with E-state index in [1.165, 1.54) is 0 Å². The fourth-order valence-corrected chi connectivity index (χ4v) is 4.76. The van der Waals surface area contributed by atoms with Crippen molar-refractivity contribution in [1.29, 1.82) is 0 Å². The number of carbonyl (C=O) groups is 3. The molecule has 0 spiro atoms. The molecule has 1 fully saturated rings. The van der Waals surface area contributed by atoms with Crippen molar-refractivity contribution in [2.24, 2.45) is 16.8 Å². The van der Waals surface area contributed by atoms with Crippen molar-refractivity contribution in [3.63, 3.8) is 0 Å². The summed E-state index contributed by atoms with van der Waals surface area (Å²) in [6.07, 6.45) is -16.1. The zero-order valence-electron chi connectivity index (χ0n) is 20.2. The van der Waals surface area contributed by atoms with Gasteiger partial charge in [-0.2, -0.15) is 26.3 Å². The van der Waals surface area contributed by atoms with Gasteiger partial charge in [0, 0.05) is 24.0 Å². The second-order valence-corrected chi connectivity index (χ2v) is 9.31. The van der Waals surface area contributed by atoms with E-state index in [2.05, 4.69) is 10.3 Å². The van der Waals surface area contributed by atoms with Gasteiger partial charge in [-0.25, -0.2) is 9.89 Å². The number of nitrogens with zero attached hydrogens (tertiary/aromatic N) is 2. The zero-order chi connectivity index (χ0) is 28.5. The maximum absolute atomic E-state index is 13.3. The molecule has 2 aromatic rings. The molecule has 0 aliphatic carbocycles. The molecule has 3 amide bonds. The lowest BCUT2D eigenvalue weighted by atomic mass is 9.87. The van der Waals surface area contributed by atoms with Crippen LogP contribution in [0.2, 0.25) is 0 Å². The molecule has 13 heteroatoms. The van der Waals surface area contributed by atoms with Gasteiger partial charge < -0.3 is 10.4 Å². The van der Waals surface area contributed by atoms with Gasteiger partial charge in [0.05, 0.1) is 29.8 Å².